The van der Waals surface area contributed by atoms with E-state index in [1.165, 1.54) is 43.2 Å². The Morgan fingerprint density at radius 3 is 1.35 bits per heavy atom. The first kappa shape index (κ1) is 21.6. The van der Waals surface area contributed by atoms with Gasteiger partial charge in [-0.05, 0) is 84.0 Å². The SMILES string of the molecule is CSc1cc(-c2ccccc2C)ccc1Nc1ccc(-c2ccccc2C)cc1SC. The van der Waals surface area contributed by atoms with Crippen molar-refractivity contribution >= 4 is 34.9 Å². The summed E-state index contributed by atoms with van der Waals surface area (Å²) in [4.78, 5) is 2.49. The van der Waals surface area contributed by atoms with Gasteiger partial charge in [0.05, 0.1) is 11.4 Å². The molecule has 0 fully saturated rings. The fraction of sp³-hybridized carbons (Fsp3) is 0.143. The van der Waals surface area contributed by atoms with Gasteiger partial charge in [-0.3, -0.25) is 0 Å². The predicted octanol–water partition coefficient (Wildman–Crippen LogP) is 8.82. The van der Waals surface area contributed by atoms with E-state index in [2.05, 4.69) is 117 Å². The Morgan fingerprint density at radius 2 is 0.968 bits per heavy atom. The van der Waals surface area contributed by atoms with Gasteiger partial charge in [-0.2, -0.15) is 0 Å². The molecule has 0 bridgehead atoms. The van der Waals surface area contributed by atoms with Crippen LogP contribution in [0.4, 0.5) is 11.4 Å². The van der Waals surface area contributed by atoms with E-state index in [9.17, 15) is 0 Å². The van der Waals surface area contributed by atoms with Crippen LogP contribution in [0.25, 0.3) is 22.3 Å². The van der Waals surface area contributed by atoms with Gasteiger partial charge in [0.25, 0.3) is 0 Å². The largest absolute Gasteiger partial charge is 0.354 e. The molecule has 4 rings (SSSR count). The van der Waals surface area contributed by atoms with Crippen LogP contribution in [0.1, 0.15) is 11.1 Å². The Morgan fingerprint density at radius 1 is 0.548 bits per heavy atom. The summed E-state index contributed by atoms with van der Waals surface area (Å²) < 4.78 is 0. The molecule has 0 aromatic heterocycles. The summed E-state index contributed by atoms with van der Waals surface area (Å²) in [5, 5.41) is 3.69. The maximum atomic E-state index is 3.69. The summed E-state index contributed by atoms with van der Waals surface area (Å²) in [6, 6.07) is 30.5. The van der Waals surface area contributed by atoms with E-state index >= 15 is 0 Å². The Balaban J connectivity index is 1.67. The van der Waals surface area contributed by atoms with Crippen molar-refractivity contribution in [1.29, 1.82) is 0 Å². The molecule has 0 atom stereocenters. The summed E-state index contributed by atoms with van der Waals surface area (Å²) in [5.41, 5.74) is 9.97. The van der Waals surface area contributed by atoms with E-state index < -0.39 is 0 Å². The van der Waals surface area contributed by atoms with Gasteiger partial charge in [-0.15, -0.1) is 23.5 Å². The van der Waals surface area contributed by atoms with Crippen LogP contribution in [0.5, 0.6) is 0 Å². The second kappa shape index (κ2) is 9.67. The number of hydrogen-bond acceptors (Lipinski definition) is 3. The number of nitrogens with one attached hydrogen (secondary N) is 1. The molecular formula is C28H27NS2. The molecule has 0 heterocycles. The molecule has 31 heavy (non-hydrogen) atoms. The molecule has 0 saturated heterocycles. The average molecular weight is 442 g/mol. The van der Waals surface area contributed by atoms with Crippen LogP contribution in [-0.2, 0) is 0 Å². The lowest BCUT2D eigenvalue weighted by Gasteiger charge is -2.17. The molecule has 1 nitrogen and oxygen atoms in total. The van der Waals surface area contributed by atoms with Crippen molar-refractivity contribution in [2.75, 3.05) is 17.8 Å². The molecule has 0 radical (unpaired) electrons. The number of benzene rings is 4. The van der Waals surface area contributed by atoms with Crippen LogP contribution in [0.2, 0.25) is 0 Å². The maximum absolute atomic E-state index is 3.69. The molecule has 0 spiro atoms. The molecule has 156 valence electrons. The molecule has 4 aromatic carbocycles. The molecule has 0 aliphatic carbocycles. The minimum absolute atomic E-state index is 1.14. The minimum Gasteiger partial charge on any atom is -0.354 e. The number of anilines is 2. The van der Waals surface area contributed by atoms with Crippen molar-refractivity contribution in [3.63, 3.8) is 0 Å². The molecule has 0 aliphatic heterocycles. The van der Waals surface area contributed by atoms with Crippen LogP contribution >= 0.6 is 23.5 Å². The van der Waals surface area contributed by atoms with Crippen molar-refractivity contribution in [2.24, 2.45) is 0 Å². The Bertz CT molecular complexity index is 1120. The van der Waals surface area contributed by atoms with E-state index in [0.29, 0.717) is 0 Å². The van der Waals surface area contributed by atoms with Gasteiger partial charge in [-0.25, -0.2) is 0 Å². The molecule has 4 aromatic rings. The highest BCUT2D eigenvalue weighted by Gasteiger charge is 2.11. The Labute approximate surface area is 194 Å². The third-order valence-electron chi connectivity index (χ3n) is 5.58. The smallest absolute Gasteiger partial charge is 0.0523 e. The lowest BCUT2D eigenvalue weighted by Crippen LogP contribution is -1.96. The summed E-state index contributed by atoms with van der Waals surface area (Å²) >= 11 is 3.55. The first-order valence-corrected chi connectivity index (χ1v) is 12.8. The van der Waals surface area contributed by atoms with Gasteiger partial charge in [0.2, 0.25) is 0 Å². The first-order chi connectivity index (χ1) is 15.1. The van der Waals surface area contributed by atoms with Crippen molar-refractivity contribution in [3.05, 3.63) is 96.1 Å². The van der Waals surface area contributed by atoms with Gasteiger partial charge in [0.15, 0.2) is 0 Å². The highest BCUT2D eigenvalue weighted by molar-refractivity contribution is 7.99. The molecule has 0 saturated carbocycles. The second-order valence-electron chi connectivity index (χ2n) is 7.58. The minimum atomic E-state index is 1.14. The van der Waals surface area contributed by atoms with Gasteiger partial charge in [0, 0.05) is 9.79 Å². The molecule has 0 unspecified atom stereocenters. The second-order valence-corrected chi connectivity index (χ2v) is 9.28. The Hall–Kier alpha value is -2.62. The average Bonchev–Trinajstić information content (AvgIpc) is 2.80. The lowest BCUT2D eigenvalue weighted by atomic mass is 10.00. The molecule has 1 N–H and O–H groups in total. The van der Waals surface area contributed by atoms with E-state index in [4.69, 9.17) is 0 Å². The molecule has 0 amide bonds. The van der Waals surface area contributed by atoms with Gasteiger partial charge >= 0.3 is 0 Å². The summed E-state index contributed by atoms with van der Waals surface area (Å²) in [7, 11) is 0. The van der Waals surface area contributed by atoms with Gasteiger partial charge in [-0.1, -0.05) is 60.7 Å². The summed E-state index contributed by atoms with van der Waals surface area (Å²) in [5.74, 6) is 0. The van der Waals surface area contributed by atoms with E-state index in [0.717, 1.165) is 11.4 Å². The van der Waals surface area contributed by atoms with Crippen molar-refractivity contribution in [2.45, 2.75) is 23.6 Å². The van der Waals surface area contributed by atoms with Gasteiger partial charge < -0.3 is 5.32 Å². The lowest BCUT2D eigenvalue weighted by molar-refractivity contribution is 1.35. The normalized spacial score (nSPS) is 10.8. The predicted molar refractivity (Wildman–Crippen MR) is 140 cm³/mol. The molecule has 0 aliphatic rings. The van der Waals surface area contributed by atoms with Crippen LogP contribution in [0.15, 0.2) is 94.7 Å². The fourth-order valence-corrected chi connectivity index (χ4v) is 5.03. The number of aryl methyl sites for hydroxylation is 2. The van der Waals surface area contributed by atoms with E-state index in [-0.39, 0.29) is 0 Å². The topological polar surface area (TPSA) is 12.0 Å². The standard InChI is InChI=1S/C28H27NS2/c1-19-9-5-7-11-23(19)21-13-15-25(27(17-21)30-3)29-26-16-14-22(18-28(26)31-4)24-12-8-6-10-20(24)2/h5-18,29H,1-4H3. The highest BCUT2D eigenvalue weighted by atomic mass is 32.2. The van der Waals surface area contributed by atoms with Crippen molar-refractivity contribution < 1.29 is 0 Å². The molecule has 3 heteroatoms. The highest BCUT2D eigenvalue weighted by Crippen LogP contribution is 2.38. The first-order valence-electron chi connectivity index (χ1n) is 10.4. The van der Waals surface area contributed by atoms with Crippen LogP contribution < -0.4 is 5.32 Å². The maximum Gasteiger partial charge on any atom is 0.0523 e. The van der Waals surface area contributed by atoms with E-state index in [1.807, 2.05) is 0 Å². The van der Waals surface area contributed by atoms with Crippen molar-refractivity contribution in [3.8, 4) is 22.3 Å². The quantitative estimate of drug-likeness (QED) is 0.300. The molecular weight excluding hydrogens is 414 g/mol. The Kier molecular flexibility index (Phi) is 6.74. The number of hydrogen-bond donors (Lipinski definition) is 1. The number of rotatable bonds is 6. The van der Waals surface area contributed by atoms with Gasteiger partial charge in [0.1, 0.15) is 0 Å². The third kappa shape index (κ3) is 4.68. The summed E-state index contributed by atoms with van der Waals surface area (Å²) in [6.07, 6.45) is 4.28. The van der Waals surface area contributed by atoms with Crippen molar-refractivity contribution in [1.82, 2.24) is 0 Å². The van der Waals surface area contributed by atoms with Crippen LogP contribution in [0.3, 0.4) is 0 Å². The van der Waals surface area contributed by atoms with Crippen LogP contribution in [0, 0.1) is 13.8 Å². The third-order valence-corrected chi connectivity index (χ3v) is 7.14. The zero-order valence-corrected chi connectivity index (χ0v) is 20.0. The monoisotopic (exact) mass is 441 g/mol. The number of thioether (sulfide) groups is 2. The summed E-state index contributed by atoms with van der Waals surface area (Å²) in [6.45, 7) is 4.34. The zero-order valence-electron chi connectivity index (χ0n) is 18.4. The zero-order chi connectivity index (χ0) is 21.8. The van der Waals surface area contributed by atoms with E-state index in [1.54, 1.807) is 23.5 Å². The fourth-order valence-electron chi connectivity index (χ4n) is 3.86. The van der Waals surface area contributed by atoms with Crippen LogP contribution in [-0.4, -0.2) is 12.5 Å².